The highest BCUT2D eigenvalue weighted by Gasteiger charge is 2.42. The van der Waals surface area contributed by atoms with Gasteiger partial charge in [0, 0.05) is 17.7 Å². The summed E-state index contributed by atoms with van der Waals surface area (Å²) in [4.78, 5) is 41.6. The zero-order valence-electron chi connectivity index (χ0n) is 22.3. The minimum Gasteiger partial charge on any atom is -0.457 e. The first-order valence-electron chi connectivity index (χ1n) is 12.6. The Bertz CT molecular complexity index is 1320. The first kappa shape index (κ1) is 26.1. The number of amides is 2. The molecule has 0 aromatic heterocycles. The van der Waals surface area contributed by atoms with Crippen LogP contribution in [0.2, 0.25) is 0 Å². The number of nitrogens with zero attached hydrogens (tertiary/aromatic N) is 1. The zero-order valence-corrected chi connectivity index (χ0v) is 22.3. The fraction of sp³-hybridized carbons (Fsp3) is 0.323. The van der Waals surface area contributed by atoms with Crippen LogP contribution in [0.5, 0.6) is 0 Å². The molecule has 37 heavy (non-hydrogen) atoms. The lowest BCUT2D eigenvalue weighted by atomic mass is 10.1. The van der Waals surface area contributed by atoms with Gasteiger partial charge < -0.3 is 15.0 Å². The van der Waals surface area contributed by atoms with Crippen LogP contribution in [0.3, 0.4) is 0 Å². The number of carbonyl (C=O) groups excluding carboxylic acids is 3. The monoisotopic (exact) mass is 498 g/mol. The minimum atomic E-state index is -0.772. The van der Waals surface area contributed by atoms with Crippen LogP contribution in [0, 0.1) is 41.5 Å². The average molecular weight is 499 g/mol. The van der Waals surface area contributed by atoms with E-state index in [-0.39, 0.29) is 24.8 Å². The molecule has 4 rings (SSSR count). The number of carbonyl (C=O) groups is 3. The van der Waals surface area contributed by atoms with E-state index in [1.807, 2.05) is 84.0 Å². The summed E-state index contributed by atoms with van der Waals surface area (Å²) in [5, 5.41) is 2.97. The molecule has 1 aliphatic heterocycles. The molecule has 1 heterocycles. The number of nitrogens with one attached hydrogen (secondary N) is 1. The van der Waals surface area contributed by atoms with Gasteiger partial charge in [-0.05, 0) is 89.1 Å². The van der Waals surface area contributed by atoms with Gasteiger partial charge in [-0.1, -0.05) is 40.5 Å². The minimum absolute atomic E-state index is 0.146. The molecule has 0 spiro atoms. The molecule has 1 N–H and O–H groups in total. The van der Waals surface area contributed by atoms with Crippen molar-refractivity contribution in [2.45, 2.75) is 60.1 Å². The highest BCUT2D eigenvalue weighted by atomic mass is 16.5. The summed E-state index contributed by atoms with van der Waals surface area (Å²) in [6.45, 7) is 11.8. The number of likely N-dealkylation sites (tertiary alicyclic amines) is 1. The van der Waals surface area contributed by atoms with Gasteiger partial charge in [0.25, 0.3) is 5.91 Å². The van der Waals surface area contributed by atoms with Gasteiger partial charge in [0.05, 0.1) is 12.1 Å². The van der Waals surface area contributed by atoms with Crippen LogP contribution < -0.4 is 5.32 Å². The van der Waals surface area contributed by atoms with Crippen molar-refractivity contribution < 1.29 is 19.1 Å². The van der Waals surface area contributed by atoms with E-state index in [0.29, 0.717) is 16.8 Å². The Morgan fingerprint density at radius 2 is 1.16 bits per heavy atom. The molecule has 0 saturated carbocycles. The van der Waals surface area contributed by atoms with Crippen molar-refractivity contribution in [3.63, 3.8) is 0 Å². The summed E-state index contributed by atoms with van der Waals surface area (Å²) in [7, 11) is 0. The molecule has 6 nitrogen and oxygen atoms in total. The molecule has 3 aromatic carbocycles. The highest BCUT2D eigenvalue weighted by Crippen LogP contribution is 2.26. The zero-order chi connectivity index (χ0) is 26.9. The Kier molecular flexibility index (Phi) is 7.48. The largest absolute Gasteiger partial charge is 0.457 e. The SMILES string of the molecule is Cc1cc(C)cc(NC(=O)[C@@H]2C[C@@H](OC(=O)c3cc(C)cc(C)c3)CN2C(=O)c2cc(C)cc(C)c2)c1. The van der Waals surface area contributed by atoms with Crippen LogP contribution in [0.4, 0.5) is 5.69 Å². The molecule has 0 aliphatic carbocycles. The van der Waals surface area contributed by atoms with Gasteiger partial charge in [-0.3, -0.25) is 9.59 Å². The lowest BCUT2D eigenvalue weighted by molar-refractivity contribution is -0.119. The summed E-state index contributed by atoms with van der Waals surface area (Å²) in [6.07, 6.45) is -0.373. The van der Waals surface area contributed by atoms with E-state index < -0.39 is 18.1 Å². The number of anilines is 1. The van der Waals surface area contributed by atoms with E-state index in [1.54, 1.807) is 12.1 Å². The molecule has 192 valence electrons. The predicted octanol–water partition coefficient (Wildman–Crippen LogP) is 5.62. The van der Waals surface area contributed by atoms with Crippen molar-refractivity contribution >= 4 is 23.5 Å². The van der Waals surface area contributed by atoms with Gasteiger partial charge in [0.2, 0.25) is 5.91 Å². The molecule has 3 aromatic rings. The van der Waals surface area contributed by atoms with Crippen molar-refractivity contribution in [3.8, 4) is 0 Å². The van der Waals surface area contributed by atoms with E-state index in [9.17, 15) is 14.4 Å². The lowest BCUT2D eigenvalue weighted by Gasteiger charge is -2.24. The Hall–Kier alpha value is -3.93. The van der Waals surface area contributed by atoms with Gasteiger partial charge in [-0.15, -0.1) is 0 Å². The number of ether oxygens (including phenoxy) is 1. The first-order chi connectivity index (χ1) is 17.5. The smallest absolute Gasteiger partial charge is 0.338 e. The summed E-state index contributed by atoms with van der Waals surface area (Å²) in [6, 6.07) is 16.3. The molecule has 1 fully saturated rings. The summed E-state index contributed by atoms with van der Waals surface area (Å²) in [5.74, 6) is -1.00. The molecule has 0 radical (unpaired) electrons. The number of esters is 1. The number of hydrogen-bond donors (Lipinski definition) is 1. The number of aryl methyl sites for hydroxylation is 6. The lowest BCUT2D eigenvalue weighted by Crippen LogP contribution is -2.43. The summed E-state index contributed by atoms with van der Waals surface area (Å²) < 4.78 is 5.83. The van der Waals surface area contributed by atoms with Crippen molar-refractivity contribution in [1.29, 1.82) is 0 Å². The maximum atomic E-state index is 13.6. The van der Waals surface area contributed by atoms with Gasteiger partial charge in [0.15, 0.2) is 0 Å². The Morgan fingerprint density at radius 3 is 1.68 bits per heavy atom. The van der Waals surface area contributed by atoms with E-state index in [0.717, 1.165) is 33.4 Å². The summed E-state index contributed by atoms with van der Waals surface area (Å²) >= 11 is 0. The van der Waals surface area contributed by atoms with Crippen LogP contribution in [0.1, 0.15) is 60.5 Å². The predicted molar refractivity (Wildman–Crippen MR) is 145 cm³/mol. The Morgan fingerprint density at radius 1 is 0.703 bits per heavy atom. The van der Waals surface area contributed by atoms with Crippen molar-refractivity contribution in [2.24, 2.45) is 0 Å². The van der Waals surface area contributed by atoms with E-state index in [4.69, 9.17) is 4.74 Å². The van der Waals surface area contributed by atoms with Crippen LogP contribution in [-0.2, 0) is 9.53 Å². The normalized spacial score (nSPS) is 17.0. The Labute approximate surface area is 218 Å². The van der Waals surface area contributed by atoms with Crippen LogP contribution >= 0.6 is 0 Å². The van der Waals surface area contributed by atoms with E-state index in [1.165, 1.54) is 4.90 Å². The van der Waals surface area contributed by atoms with Crippen molar-refractivity contribution in [2.75, 3.05) is 11.9 Å². The molecule has 2 amide bonds. The van der Waals surface area contributed by atoms with Gasteiger partial charge in [0.1, 0.15) is 12.1 Å². The van der Waals surface area contributed by atoms with Crippen molar-refractivity contribution in [1.82, 2.24) is 4.90 Å². The first-order valence-corrected chi connectivity index (χ1v) is 12.6. The average Bonchev–Trinajstić information content (AvgIpc) is 3.20. The molecule has 1 aliphatic rings. The van der Waals surface area contributed by atoms with E-state index in [2.05, 4.69) is 5.32 Å². The summed E-state index contributed by atoms with van der Waals surface area (Å²) in [5.41, 5.74) is 7.60. The second kappa shape index (κ2) is 10.6. The fourth-order valence-corrected chi connectivity index (χ4v) is 5.20. The van der Waals surface area contributed by atoms with Gasteiger partial charge >= 0.3 is 5.97 Å². The maximum Gasteiger partial charge on any atom is 0.338 e. The molecule has 0 bridgehead atoms. The Balaban J connectivity index is 1.60. The third-order valence-electron chi connectivity index (χ3n) is 6.52. The third kappa shape index (κ3) is 6.26. The van der Waals surface area contributed by atoms with E-state index >= 15 is 0 Å². The number of hydrogen-bond acceptors (Lipinski definition) is 4. The van der Waals surface area contributed by atoms with Crippen LogP contribution in [0.25, 0.3) is 0 Å². The molecular weight excluding hydrogens is 464 g/mol. The molecule has 0 unspecified atom stereocenters. The maximum absolute atomic E-state index is 13.6. The van der Waals surface area contributed by atoms with Crippen LogP contribution in [0.15, 0.2) is 54.6 Å². The standard InChI is InChI=1S/C31H34N2O4/c1-18-7-19(2)11-24(10-18)30(35)33-17-27(37-31(36)25-12-20(3)8-21(4)13-25)16-28(33)29(34)32-26-14-22(5)9-23(6)15-26/h7-15,27-28H,16-17H2,1-6H3,(H,32,34)/t27-,28+/m1/s1. The third-order valence-corrected chi connectivity index (χ3v) is 6.52. The number of benzene rings is 3. The second-order valence-corrected chi connectivity index (χ2v) is 10.4. The molecule has 1 saturated heterocycles. The van der Waals surface area contributed by atoms with Gasteiger partial charge in [-0.2, -0.15) is 0 Å². The van der Waals surface area contributed by atoms with Crippen molar-refractivity contribution in [3.05, 3.63) is 99.1 Å². The topological polar surface area (TPSA) is 75.7 Å². The quantitative estimate of drug-likeness (QED) is 0.464. The number of rotatable bonds is 5. The van der Waals surface area contributed by atoms with Gasteiger partial charge in [-0.25, -0.2) is 4.79 Å². The van der Waals surface area contributed by atoms with Crippen LogP contribution in [-0.4, -0.2) is 41.4 Å². The fourth-order valence-electron chi connectivity index (χ4n) is 5.20. The molecule has 6 heteroatoms. The molecule has 2 atom stereocenters. The molecular formula is C31H34N2O4. The second-order valence-electron chi connectivity index (χ2n) is 10.4. The highest BCUT2D eigenvalue weighted by molar-refractivity contribution is 6.02.